The third-order valence-corrected chi connectivity index (χ3v) is 0.813. The molecular formula is C7H13NO. The molecule has 0 fully saturated rings. The van der Waals surface area contributed by atoms with Crippen LogP contribution >= 0.6 is 0 Å². The zero-order valence-electron chi connectivity index (χ0n) is 5.89. The van der Waals surface area contributed by atoms with E-state index in [1.165, 1.54) is 5.57 Å². The van der Waals surface area contributed by atoms with Crippen molar-refractivity contribution in [1.29, 1.82) is 0 Å². The van der Waals surface area contributed by atoms with Crippen LogP contribution in [0.3, 0.4) is 0 Å². The fourth-order valence-electron chi connectivity index (χ4n) is 0.326. The summed E-state index contributed by atoms with van der Waals surface area (Å²) < 4.78 is 0. The minimum Gasteiger partial charge on any atom is -0.400 e. The van der Waals surface area contributed by atoms with Gasteiger partial charge in [-0.15, -0.1) is 0 Å². The molecule has 0 spiro atoms. The summed E-state index contributed by atoms with van der Waals surface area (Å²) in [6, 6.07) is 0. The van der Waals surface area contributed by atoms with Gasteiger partial charge in [0.2, 0.25) is 0 Å². The number of aliphatic hydroxyl groups is 1. The standard InChI is InChI=1S/C7H13NO/c1-6(2)3-4-7(8)5-9/h3-4,9H,5,8H2,1-2H3/b7-4-. The van der Waals surface area contributed by atoms with E-state index < -0.39 is 0 Å². The molecule has 0 bridgehead atoms. The molecule has 2 heteroatoms. The molecule has 3 N–H and O–H groups in total. The Labute approximate surface area is 55.7 Å². The van der Waals surface area contributed by atoms with Crippen molar-refractivity contribution < 1.29 is 5.11 Å². The summed E-state index contributed by atoms with van der Waals surface area (Å²) >= 11 is 0. The monoisotopic (exact) mass is 127 g/mol. The van der Waals surface area contributed by atoms with Crippen LogP contribution in [0.1, 0.15) is 13.8 Å². The summed E-state index contributed by atoms with van der Waals surface area (Å²) in [5.41, 5.74) is 6.96. The van der Waals surface area contributed by atoms with Crippen LogP contribution in [0.4, 0.5) is 0 Å². The maximum Gasteiger partial charge on any atom is 0.0825 e. The highest BCUT2D eigenvalue weighted by molar-refractivity contribution is 5.13. The molecule has 0 atom stereocenters. The summed E-state index contributed by atoms with van der Waals surface area (Å²) in [6.07, 6.45) is 3.57. The zero-order valence-corrected chi connectivity index (χ0v) is 5.89. The number of rotatable bonds is 2. The molecular weight excluding hydrogens is 114 g/mol. The number of hydrogen-bond donors (Lipinski definition) is 2. The molecule has 2 nitrogen and oxygen atoms in total. The minimum atomic E-state index is -0.0657. The summed E-state index contributed by atoms with van der Waals surface area (Å²) in [5.74, 6) is 0. The summed E-state index contributed by atoms with van der Waals surface area (Å²) in [4.78, 5) is 0. The Balaban J connectivity index is 3.83. The van der Waals surface area contributed by atoms with Crippen LogP contribution in [-0.4, -0.2) is 11.7 Å². The molecule has 0 aliphatic heterocycles. The van der Waals surface area contributed by atoms with E-state index in [0.29, 0.717) is 5.70 Å². The second-order valence-corrected chi connectivity index (χ2v) is 2.14. The highest BCUT2D eigenvalue weighted by Gasteiger charge is 1.79. The van der Waals surface area contributed by atoms with Crippen LogP contribution in [-0.2, 0) is 0 Å². The zero-order chi connectivity index (χ0) is 7.28. The first kappa shape index (κ1) is 8.24. The lowest BCUT2D eigenvalue weighted by Crippen LogP contribution is -2.00. The van der Waals surface area contributed by atoms with Gasteiger partial charge in [0, 0.05) is 5.70 Å². The summed E-state index contributed by atoms with van der Waals surface area (Å²) in [5, 5.41) is 8.43. The first-order valence-corrected chi connectivity index (χ1v) is 2.87. The Morgan fingerprint density at radius 1 is 1.44 bits per heavy atom. The molecule has 0 saturated heterocycles. The van der Waals surface area contributed by atoms with Crippen LogP contribution in [0.15, 0.2) is 23.4 Å². The largest absolute Gasteiger partial charge is 0.400 e. The van der Waals surface area contributed by atoms with Gasteiger partial charge in [0.1, 0.15) is 0 Å². The van der Waals surface area contributed by atoms with Crippen molar-refractivity contribution in [2.24, 2.45) is 5.73 Å². The molecule has 0 unspecified atom stereocenters. The van der Waals surface area contributed by atoms with Gasteiger partial charge in [-0.3, -0.25) is 0 Å². The van der Waals surface area contributed by atoms with E-state index in [0.717, 1.165) is 0 Å². The van der Waals surface area contributed by atoms with Crippen LogP contribution < -0.4 is 5.73 Å². The predicted octanol–water partition coefficient (Wildman–Crippen LogP) is 0.788. The molecule has 52 valence electrons. The average Bonchev–Trinajstić information content (AvgIpc) is 1.83. The second kappa shape index (κ2) is 4.15. The minimum absolute atomic E-state index is 0.0657. The fourth-order valence-corrected chi connectivity index (χ4v) is 0.326. The van der Waals surface area contributed by atoms with Gasteiger partial charge >= 0.3 is 0 Å². The topological polar surface area (TPSA) is 46.2 Å². The Morgan fingerprint density at radius 3 is 2.33 bits per heavy atom. The van der Waals surface area contributed by atoms with Gasteiger partial charge in [-0.2, -0.15) is 0 Å². The van der Waals surface area contributed by atoms with E-state index in [9.17, 15) is 0 Å². The Bertz CT molecular complexity index is 132. The molecule has 0 aromatic heterocycles. The van der Waals surface area contributed by atoms with Crippen molar-refractivity contribution in [2.75, 3.05) is 6.61 Å². The third kappa shape index (κ3) is 5.11. The predicted molar refractivity (Wildman–Crippen MR) is 38.8 cm³/mol. The van der Waals surface area contributed by atoms with Crippen LogP contribution in [0.25, 0.3) is 0 Å². The van der Waals surface area contributed by atoms with Crippen molar-refractivity contribution >= 4 is 0 Å². The summed E-state index contributed by atoms with van der Waals surface area (Å²) in [7, 11) is 0. The first-order chi connectivity index (χ1) is 4.16. The lowest BCUT2D eigenvalue weighted by atomic mass is 10.3. The third-order valence-electron chi connectivity index (χ3n) is 0.813. The van der Waals surface area contributed by atoms with E-state index in [1.54, 1.807) is 6.08 Å². The molecule has 0 radical (unpaired) electrons. The quantitative estimate of drug-likeness (QED) is 0.539. The smallest absolute Gasteiger partial charge is 0.0825 e. The highest BCUT2D eigenvalue weighted by atomic mass is 16.3. The maximum absolute atomic E-state index is 8.43. The number of allylic oxidation sites excluding steroid dienone is 3. The molecule has 0 aromatic carbocycles. The molecule has 0 heterocycles. The van der Waals surface area contributed by atoms with E-state index >= 15 is 0 Å². The van der Waals surface area contributed by atoms with Crippen LogP contribution in [0.2, 0.25) is 0 Å². The van der Waals surface area contributed by atoms with Gasteiger partial charge in [0.05, 0.1) is 6.61 Å². The Kier molecular flexibility index (Phi) is 3.80. The number of aliphatic hydroxyl groups excluding tert-OH is 1. The molecule has 0 aliphatic carbocycles. The molecule has 9 heavy (non-hydrogen) atoms. The van der Waals surface area contributed by atoms with Gasteiger partial charge in [0.25, 0.3) is 0 Å². The van der Waals surface area contributed by atoms with Crippen molar-refractivity contribution in [1.82, 2.24) is 0 Å². The van der Waals surface area contributed by atoms with Gasteiger partial charge < -0.3 is 10.8 Å². The van der Waals surface area contributed by atoms with E-state index in [4.69, 9.17) is 10.8 Å². The summed E-state index contributed by atoms with van der Waals surface area (Å²) in [6.45, 7) is 3.88. The van der Waals surface area contributed by atoms with E-state index in [2.05, 4.69) is 0 Å². The van der Waals surface area contributed by atoms with Gasteiger partial charge in [-0.25, -0.2) is 0 Å². The number of hydrogen-bond acceptors (Lipinski definition) is 2. The van der Waals surface area contributed by atoms with Crippen molar-refractivity contribution in [3.05, 3.63) is 23.4 Å². The van der Waals surface area contributed by atoms with Gasteiger partial charge in [-0.1, -0.05) is 11.6 Å². The van der Waals surface area contributed by atoms with Crippen LogP contribution in [0, 0.1) is 0 Å². The molecule has 0 rings (SSSR count). The lowest BCUT2D eigenvalue weighted by molar-refractivity contribution is 0.330. The SMILES string of the molecule is CC(C)=C/C=C(\N)CO. The maximum atomic E-state index is 8.43. The van der Waals surface area contributed by atoms with Crippen molar-refractivity contribution in [3.8, 4) is 0 Å². The molecule has 0 aliphatic rings. The van der Waals surface area contributed by atoms with Gasteiger partial charge in [0.15, 0.2) is 0 Å². The van der Waals surface area contributed by atoms with Crippen molar-refractivity contribution in [2.45, 2.75) is 13.8 Å². The van der Waals surface area contributed by atoms with E-state index in [1.807, 2.05) is 19.9 Å². The Hall–Kier alpha value is -0.760. The molecule has 0 saturated carbocycles. The normalized spacial score (nSPS) is 11.2. The first-order valence-electron chi connectivity index (χ1n) is 2.87. The van der Waals surface area contributed by atoms with Crippen LogP contribution in [0.5, 0.6) is 0 Å². The fraction of sp³-hybridized carbons (Fsp3) is 0.429. The molecule has 0 amide bonds. The van der Waals surface area contributed by atoms with Gasteiger partial charge in [-0.05, 0) is 19.9 Å². The van der Waals surface area contributed by atoms with Crippen molar-refractivity contribution in [3.63, 3.8) is 0 Å². The molecule has 0 aromatic rings. The Morgan fingerprint density at radius 2 is 2.00 bits per heavy atom. The number of nitrogens with two attached hydrogens (primary N) is 1. The average molecular weight is 127 g/mol. The highest BCUT2D eigenvalue weighted by Crippen LogP contribution is 1.90. The lowest BCUT2D eigenvalue weighted by Gasteiger charge is -1.90. The second-order valence-electron chi connectivity index (χ2n) is 2.14. The van der Waals surface area contributed by atoms with E-state index in [-0.39, 0.29) is 6.61 Å².